The van der Waals surface area contributed by atoms with E-state index in [1.165, 1.54) is 37.4 Å². The number of benzene rings is 2. The van der Waals surface area contributed by atoms with Crippen LogP contribution in [0.2, 0.25) is 0 Å². The summed E-state index contributed by atoms with van der Waals surface area (Å²) in [6.07, 6.45) is 1.46. The first kappa shape index (κ1) is 23.0. The maximum absolute atomic E-state index is 15.8. The van der Waals surface area contributed by atoms with E-state index < -0.39 is 17.5 Å². The van der Waals surface area contributed by atoms with Crippen molar-refractivity contribution < 1.29 is 23.8 Å². The highest BCUT2D eigenvalue weighted by molar-refractivity contribution is 6.03. The molecule has 2 aromatic carbocycles. The molecule has 1 aliphatic rings. The first-order chi connectivity index (χ1) is 16.3. The molecule has 3 aromatic rings. The number of carbonyl (C=O) groups excluding carboxylic acids is 1. The number of carboxylic acids is 1. The van der Waals surface area contributed by atoms with E-state index in [2.05, 4.69) is 15.3 Å². The number of aromatic nitrogens is 2. The van der Waals surface area contributed by atoms with Crippen LogP contribution in [-0.2, 0) is 4.79 Å². The Hall–Kier alpha value is -4.21. The molecule has 1 aromatic heterocycles. The standard InChI is InChI=1S/C24H24FN5O4/c1-4-24(25)14-30(16-8-6-5-7-9-16)20-18(29(2)22(24)33)13-26-23(28-20)27-17-11-10-15(21(31)32)12-19(17)34-3/h5-13H,4,14H2,1-3H3,(H,31,32)(H,26,27,28). The van der Waals surface area contributed by atoms with Crippen LogP contribution in [0.3, 0.4) is 0 Å². The van der Waals surface area contributed by atoms with Crippen molar-refractivity contribution in [3.63, 3.8) is 0 Å². The molecular formula is C24H24FN5O4. The molecule has 0 spiro atoms. The lowest BCUT2D eigenvalue weighted by molar-refractivity contribution is -0.129. The van der Waals surface area contributed by atoms with Crippen LogP contribution in [0, 0.1) is 0 Å². The number of rotatable bonds is 6. The highest BCUT2D eigenvalue weighted by Gasteiger charge is 2.45. The van der Waals surface area contributed by atoms with Gasteiger partial charge in [-0.1, -0.05) is 25.1 Å². The number of methoxy groups -OCH3 is 1. The molecule has 10 heteroatoms. The van der Waals surface area contributed by atoms with Gasteiger partial charge in [-0.25, -0.2) is 14.2 Å². The van der Waals surface area contributed by atoms with Crippen LogP contribution >= 0.6 is 0 Å². The van der Waals surface area contributed by atoms with Gasteiger partial charge in [0.2, 0.25) is 11.6 Å². The SMILES string of the molecule is CCC1(F)CN(c2ccccc2)c2nc(Nc3ccc(C(=O)O)cc3OC)ncc2N(C)C1=O. The van der Waals surface area contributed by atoms with Crippen LogP contribution in [0.15, 0.2) is 54.7 Å². The van der Waals surface area contributed by atoms with E-state index in [-0.39, 0.29) is 24.5 Å². The Balaban J connectivity index is 1.80. The summed E-state index contributed by atoms with van der Waals surface area (Å²) >= 11 is 0. The van der Waals surface area contributed by atoms with Crippen molar-refractivity contribution >= 4 is 40.7 Å². The monoisotopic (exact) mass is 465 g/mol. The number of nitrogens with one attached hydrogen (secondary N) is 1. The molecule has 9 nitrogen and oxygen atoms in total. The molecule has 0 radical (unpaired) electrons. The van der Waals surface area contributed by atoms with Gasteiger partial charge >= 0.3 is 5.97 Å². The fourth-order valence-electron chi connectivity index (χ4n) is 3.80. The molecule has 34 heavy (non-hydrogen) atoms. The molecular weight excluding hydrogens is 441 g/mol. The normalized spacial score (nSPS) is 17.7. The number of hydrogen-bond acceptors (Lipinski definition) is 7. The Morgan fingerprint density at radius 1 is 1.26 bits per heavy atom. The number of para-hydroxylation sites is 1. The predicted molar refractivity (Wildman–Crippen MR) is 126 cm³/mol. The maximum atomic E-state index is 15.8. The summed E-state index contributed by atoms with van der Waals surface area (Å²) < 4.78 is 21.1. The molecule has 2 N–H and O–H groups in total. The van der Waals surface area contributed by atoms with E-state index in [1.54, 1.807) is 17.9 Å². The zero-order valence-corrected chi connectivity index (χ0v) is 18.9. The first-order valence-corrected chi connectivity index (χ1v) is 10.6. The molecule has 2 heterocycles. The van der Waals surface area contributed by atoms with Gasteiger partial charge in [-0.3, -0.25) is 4.79 Å². The topological polar surface area (TPSA) is 108 Å². The molecule has 1 aliphatic heterocycles. The minimum absolute atomic E-state index is 0.000837. The summed E-state index contributed by atoms with van der Waals surface area (Å²) in [5.74, 6) is -0.925. The van der Waals surface area contributed by atoms with Gasteiger partial charge in [-0.15, -0.1) is 0 Å². The summed E-state index contributed by atoms with van der Waals surface area (Å²) in [6.45, 7) is 1.42. The van der Waals surface area contributed by atoms with E-state index >= 15 is 4.39 Å². The Kier molecular flexibility index (Phi) is 6.06. The third-order valence-electron chi connectivity index (χ3n) is 5.79. The Morgan fingerprint density at radius 3 is 2.65 bits per heavy atom. The average Bonchev–Trinajstić information content (AvgIpc) is 2.94. The quantitative estimate of drug-likeness (QED) is 0.559. The van der Waals surface area contributed by atoms with Crippen molar-refractivity contribution in [1.82, 2.24) is 9.97 Å². The van der Waals surface area contributed by atoms with Gasteiger partial charge in [-0.2, -0.15) is 4.98 Å². The van der Waals surface area contributed by atoms with Crippen LogP contribution < -0.4 is 19.9 Å². The number of fused-ring (bicyclic) bond motifs is 1. The molecule has 0 saturated carbocycles. The van der Waals surface area contributed by atoms with Gasteiger partial charge in [0.15, 0.2) is 5.82 Å². The van der Waals surface area contributed by atoms with Gasteiger partial charge < -0.3 is 25.0 Å². The van der Waals surface area contributed by atoms with E-state index in [4.69, 9.17) is 4.74 Å². The number of nitrogens with zero attached hydrogens (tertiary/aromatic N) is 4. The van der Waals surface area contributed by atoms with Crippen LogP contribution in [0.1, 0.15) is 23.7 Å². The predicted octanol–water partition coefficient (Wildman–Crippen LogP) is 4.16. The van der Waals surface area contributed by atoms with Crippen molar-refractivity contribution in [3.8, 4) is 5.75 Å². The molecule has 1 amide bonds. The number of amides is 1. The summed E-state index contributed by atoms with van der Waals surface area (Å²) in [4.78, 5) is 36.1. The fraction of sp³-hybridized carbons (Fsp3) is 0.250. The van der Waals surface area contributed by atoms with Crippen molar-refractivity contribution in [2.45, 2.75) is 19.0 Å². The van der Waals surface area contributed by atoms with Gasteiger partial charge in [0.1, 0.15) is 11.4 Å². The van der Waals surface area contributed by atoms with Crippen LogP contribution in [0.4, 0.5) is 33.2 Å². The molecule has 0 bridgehead atoms. The fourth-order valence-corrected chi connectivity index (χ4v) is 3.80. The Bertz CT molecular complexity index is 1240. The van der Waals surface area contributed by atoms with Gasteiger partial charge in [0.25, 0.3) is 5.91 Å². The number of anilines is 5. The molecule has 0 aliphatic carbocycles. The number of alkyl halides is 1. The molecule has 1 atom stereocenters. The van der Waals surface area contributed by atoms with E-state index in [9.17, 15) is 14.7 Å². The molecule has 0 fully saturated rings. The number of ether oxygens (including phenoxy) is 1. The van der Waals surface area contributed by atoms with E-state index in [0.29, 0.717) is 28.6 Å². The number of hydrogen-bond donors (Lipinski definition) is 2. The summed E-state index contributed by atoms with van der Waals surface area (Å²) in [6, 6.07) is 13.5. The minimum atomic E-state index is -2.12. The third-order valence-corrected chi connectivity index (χ3v) is 5.79. The summed E-state index contributed by atoms with van der Waals surface area (Å²) in [5, 5.41) is 12.3. The number of carbonyl (C=O) groups is 2. The zero-order valence-electron chi connectivity index (χ0n) is 18.9. The Labute approximate surface area is 195 Å². The van der Waals surface area contributed by atoms with Crippen LogP contribution in [0.5, 0.6) is 5.75 Å². The summed E-state index contributed by atoms with van der Waals surface area (Å²) in [5.41, 5.74) is -0.560. The maximum Gasteiger partial charge on any atom is 0.335 e. The smallest absolute Gasteiger partial charge is 0.335 e. The average molecular weight is 465 g/mol. The second-order valence-corrected chi connectivity index (χ2v) is 7.85. The lowest BCUT2D eigenvalue weighted by atomic mass is 10.0. The van der Waals surface area contributed by atoms with Gasteiger partial charge in [-0.05, 0) is 36.8 Å². The largest absolute Gasteiger partial charge is 0.495 e. The highest BCUT2D eigenvalue weighted by atomic mass is 19.1. The molecule has 176 valence electrons. The van der Waals surface area contributed by atoms with Crippen LogP contribution in [-0.4, -0.2) is 53.3 Å². The molecule has 1 unspecified atom stereocenters. The van der Waals surface area contributed by atoms with Gasteiger partial charge in [0.05, 0.1) is 31.1 Å². The van der Waals surface area contributed by atoms with Gasteiger partial charge in [0, 0.05) is 12.7 Å². The van der Waals surface area contributed by atoms with E-state index in [0.717, 1.165) is 0 Å². The van der Waals surface area contributed by atoms with Crippen molar-refractivity contribution in [2.75, 3.05) is 35.8 Å². The third kappa shape index (κ3) is 4.09. The van der Waals surface area contributed by atoms with Crippen molar-refractivity contribution in [1.29, 1.82) is 0 Å². The molecule has 0 saturated heterocycles. The highest BCUT2D eigenvalue weighted by Crippen LogP contribution is 2.40. The number of aromatic carboxylic acids is 1. The first-order valence-electron chi connectivity index (χ1n) is 10.6. The lowest BCUT2D eigenvalue weighted by Gasteiger charge is -2.28. The second-order valence-electron chi connectivity index (χ2n) is 7.85. The molecule has 4 rings (SSSR count). The Morgan fingerprint density at radius 2 is 2.00 bits per heavy atom. The lowest BCUT2D eigenvalue weighted by Crippen LogP contribution is -2.48. The summed E-state index contributed by atoms with van der Waals surface area (Å²) in [7, 11) is 2.93. The number of halogens is 1. The van der Waals surface area contributed by atoms with Crippen LogP contribution in [0.25, 0.3) is 0 Å². The zero-order chi connectivity index (χ0) is 24.5. The minimum Gasteiger partial charge on any atom is -0.495 e. The number of carboxylic acid groups (broad SMARTS) is 1. The second kappa shape index (κ2) is 8.97. The van der Waals surface area contributed by atoms with Crippen molar-refractivity contribution in [3.05, 3.63) is 60.3 Å². The van der Waals surface area contributed by atoms with E-state index in [1.807, 2.05) is 30.3 Å². The van der Waals surface area contributed by atoms with Crippen molar-refractivity contribution in [2.24, 2.45) is 0 Å².